The maximum absolute atomic E-state index is 17.6. The summed E-state index contributed by atoms with van der Waals surface area (Å²) in [4.78, 5) is 0. The van der Waals surface area contributed by atoms with E-state index in [4.69, 9.17) is 28.4 Å². The fraction of sp³-hybridized carbons (Fsp3) is 0.262. The molecule has 0 fully saturated rings. The molecule has 0 unspecified atom stereocenters. The summed E-state index contributed by atoms with van der Waals surface area (Å²) in [6.07, 6.45) is 7.31. The van der Waals surface area contributed by atoms with Crippen LogP contribution in [0.1, 0.15) is 40.6 Å². The Morgan fingerprint density at radius 2 is 1.20 bits per heavy atom. The molecule has 0 radical (unpaired) electrons. The van der Waals surface area contributed by atoms with Gasteiger partial charge in [0.05, 0.1) is 56.4 Å². The summed E-state index contributed by atoms with van der Waals surface area (Å²) in [5.74, 6) is 2.10. The van der Waals surface area contributed by atoms with Gasteiger partial charge in [-0.05, 0) is 130 Å². The average Bonchev–Trinajstić information content (AvgIpc) is 3.61. The van der Waals surface area contributed by atoms with Crippen LogP contribution in [0.15, 0.2) is 93.7 Å². The number of fused-ring (bicyclic) bond motifs is 2. The van der Waals surface area contributed by atoms with Crippen molar-refractivity contribution in [2.75, 3.05) is 61.0 Å². The number of hydrogen-bond donors (Lipinski definition) is 0. The third-order valence-electron chi connectivity index (χ3n) is 9.46. The monoisotopic (exact) mass is 974 g/mol. The third kappa shape index (κ3) is 8.80. The topological polar surface area (TPSA) is 63.3 Å². The number of benzene rings is 3. The quantitative estimate of drug-likeness (QED) is 0.0598. The molecule has 0 aliphatic carbocycles. The van der Waals surface area contributed by atoms with E-state index in [9.17, 15) is 0 Å². The maximum Gasteiger partial charge on any atom is 0.737 e. The zero-order chi connectivity index (χ0) is 39.1. The molecule has 288 valence electrons. The number of aromatic nitrogens is 1. The predicted octanol–water partition coefficient (Wildman–Crippen LogP) is 9.53. The lowest BCUT2D eigenvalue weighted by molar-refractivity contribution is -0.362. The van der Waals surface area contributed by atoms with Gasteiger partial charge in [0.15, 0.2) is 11.4 Å². The van der Waals surface area contributed by atoms with Crippen LogP contribution < -0.4 is 14.2 Å². The van der Waals surface area contributed by atoms with Gasteiger partial charge in [-0.15, -0.1) is 0 Å². The van der Waals surface area contributed by atoms with E-state index in [0.717, 1.165) is 52.0 Å². The second-order valence-corrected chi connectivity index (χ2v) is 15.0. The van der Waals surface area contributed by atoms with Crippen molar-refractivity contribution in [1.82, 2.24) is 4.48 Å². The Kier molecular flexibility index (Phi) is 13.7. The van der Waals surface area contributed by atoms with E-state index < -0.39 is 6.97 Å². The zero-order valence-electron chi connectivity index (χ0n) is 31.4. The van der Waals surface area contributed by atoms with E-state index >= 15 is 8.63 Å². The second-order valence-electron chi connectivity index (χ2n) is 12.9. The summed E-state index contributed by atoms with van der Waals surface area (Å²) in [7, 11) is 4.86. The summed E-state index contributed by atoms with van der Waals surface area (Å²) in [6, 6.07) is 22.7. The van der Waals surface area contributed by atoms with Crippen molar-refractivity contribution in [2.45, 2.75) is 13.8 Å². The first-order valence-corrected chi connectivity index (χ1v) is 20.0. The molecule has 8 nitrogen and oxygen atoms in total. The van der Waals surface area contributed by atoms with Crippen LogP contribution in [-0.2, 0) is 14.2 Å². The molecule has 13 heteroatoms. The molecule has 0 spiro atoms. The molecule has 0 bridgehead atoms. The van der Waals surface area contributed by atoms with E-state index in [0.29, 0.717) is 68.2 Å². The number of nitrogens with zero attached hydrogens (tertiary/aromatic N) is 2. The lowest BCUT2D eigenvalue weighted by atomic mass is 9.83. The van der Waals surface area contributed by atoms with Crippen LogP contribution in [0.2, 0.25) is 0 Å². The first-order valence-electron chi connectivity index (χ1n) is 17.8. The molecule has 55 heavy (non-hydrogen) atoms. The van der Waals surface area contributed by atoms with Crippen LogP contribution >= 0.6 is 45.2 Å². The highest BCUT2D eigenvalue weighted by molar-refractivity contribution is 14.1. The standard InChI is InChI=1S/C42H43BF2I2N2O6/c1-28-39(46)36(20-10-30-6-14-33(51-4)15-7-30)48-41(28)38(32-12-18-35(19-13-32)55-27-26-54-25-24-53-23-22-50-3)42-29(2)40(47)37(49(42)43(48,44)45)21-11-31-8-16-34(52-5)17-9-31/h6-21H,22-27H2,1-5H3/b20-10+,21-11+. The summed E-state index contributed by atoms with van der Waals surface area (Å²) in [6.45, 7) is 2.25. The molecule has 1 aromatic heterocycles. The minimum Gasteiger partial charge on any atom is -0.497 e. The van der Waals surface area contributed by atoms with Gasteiger partial charge in [-0.1, -0.05) is 42.5 Å². The van der Waals surface area contributed by atoms with E-state index in [1.165, 1.54) is 8.96 Å². The highest BCUT2D eigenvalue weighted by Gasteiger charge is 2.57. The Labute approximate surface area is 348 Å². The number of halogens is 4. The maximum atomic E-state index is 17.6. The molecule has 3 aromatic carbocycles. The van der Waals surface area contributed by atoms with Crippen LogP contribution in [0, 0.1) is 10.5 Å². The summed E-state index contributed by atoms with van der Waals surface area (Å²) in [5.41, 5.74) is 6.70. The highest BCUT2D eigenvalue weighted by atomic mass is 127. The first-order chi connectivity index (χ1) is 26.6. The molecule has 3 heterocycles. The summed E-state index contributed by atoms with van der Waals surface area (Å²) in [5, 5.41) is 0. The lowest BCUT2D eigenvalue weighted by Crippen LogP contribution is -2.51. The van der Waals surface area contributed by atoms with Crippen molar-refractivity contribution in [2.24, 2.45) is 0 Å². The Hall–Kier alpha value is -3.77. The fourth-order valence-corrected chi connectivity index (χ4v) is 8.05. The minimum atomic E-state index is -4.36. The first kappa shape index (κ1) is 40.9. The summed E-state index contributed by atoms with van der Waals surface area (Å²) < 4.78 is 71.9. The van der Waals surface area contributed by atoms with Gasteiger partial charge in [0, 0.05) is 33.7 Å². The Morgan fingerprint density at radius 3 is 1.76 bits per heavy atom. The lowest BCUT2D eigenvalue weighted by Gasteiger charge is -2.34. The number of methoxy groups -OCH3 is 3. The van der Waals surface area contributed by atoms with Crippen LogP contribution in [0.5, 0.6) is 17.2 Å². The normalized spacial score (nSPS) is 15.1. The van der Waals surface area contributed by atoms with Crippen LogP contribution in [-0.4, -0.2) is 82.6 Å². The van der Waals surface area contributed by atoms with Crippen LogP contribution in [0.25, 0.3) is 23.8 Å². The molecule has 0 saturated carbocycles. The van der Waals surface area contributed by atoms with Gasteiger partial charge in [-0.2, -0.15) is 0 Å². The van der Waals surface area contributed by atoms with Crippen molar-refractivity contribution in [3.05, 3.63) is 131 Å². The Morgan fingerprint density at radius 1 is 0.673 bits per heavy atom. The van der Waals surface area contributed by atoms with Crippen molar-refractivity contribution in [1.29, 1.82) is 0 Å². The molecule has 2 aliphatic rings. The molecule has 0 atom stereocenters. The Bertz CT molecular complexity index is 2160. The number of hydrogen-bond acceptors (Lipinski definition) is 6. The van der Waals surface area contributed by atoms with Crippen LogP contribution in [0.3, 0.4) is 0 Å². The molecule has 6 rings (SSSR count). The minimum absolute atomic E-state index is 0.358. The molecular formula is C42H43BF2I2N2O6. The number of ether oxygens (including phenoxy) is 6. The molecular weight excluding hydrogens is 931 g/mol. The van der Waals surface area contributed by atoms with Crippen molar-refractivity contribution >= 4 is 81.7 Å². The van der Waals surface area contributed by atoms with Gasteiger partial charge < -0.3 is 46.0 Å². The SMILES string of the molecule is COCCOCCOCCOc1ccc(C2=C3C(C)=C(I)C(/C=C/c4ccc(OC)cc4)=[N+]3[B-](F)(F)n3c(/C=C/c4ccc(OC)cc4)c(I)c(C)c32)cc1. The van der Waals surface area contributed by atoms with E-state index in [1.54, 1.807) is 33.5 Å². The van der Waals surface area contributed by atoms with Crippen molar-refractivity contribution < 1.29 is 41.5 Å². The van der Waals surface area contributed by atoms with Gasteiger partial charge in [0.1, 0.15) is 23.9 Å². The smallest absolute Gasteiger partial charge is 0.497 e. The van der Waals surface area contributed by atoms with E-state index in [2.05, 4.69) is 45.2 Å². The fourth-order valence-electron chi connectivity index (χ4n) is 6.66. The van der Waals surface area contributed by atoms with Gasteiger partial charge in [-0.3, -0.25) is 0 Å². The van der Waals surface area contributed by atoms with Gasteiger partial charge in [-0.25, -0.2) is 0 Å². The molecule has 4 aromatic rings. The van der Waals surface area contributed by atoms with Crippen molar-refractivity contribution in [3.8, 4) is 17.2 Å². The van der Waals surface area contributed by atoms with Crippen LogP contribution in [0.4, 0.5) is 8.63 Å². The molecule has 2 aliphatic heterocycles. The average molecular weight is 974 g/mol. The number of allylic oxidation sites excluding steroid dienone is 3. The molecule has 0 amide bonds. The van der Waals surface area contributed by atoms with Crippen molar-refractivity contribution in [3.63, 3.8) is 0 Å². The third-order valence-corrected chi connectivity index (χ3v) is 12.2. The Balaban J connectivity index is 1.41. The highest BCUT2D eigenvalue weighted by Crippen LogP contribution is 2.48. The molecule has 0 saturated heterocycles. The predicted molar refractivity (Wildman–Crippen MR) is 233 cm³/mol. The number of rotatable bonds is 17. The van der Waals surface area contributed by atoms with E-state index in [1.807, 2.05) is 98.8 Å². The van der Waals surface area contributed by atoms with E-state index in [-0.39, 0.29) is 0 Å². The zero-order valence-corrected chi connectivity index (χ0v) is 35.7. The van der Waals surface area contributed by atoms with Gasteiger partial charge in [0.25, 0.3) is 0 Å². The largest absolute Gasteiger partial charge is 0.737 e. The molecule has 0 N–H and O–H groups in total. The van der Waals surface area contributed by atoms with Gasteiger partial charge in [0.2, 0.25) is 0 Å². The summed E-state index contributed by atoms with van der Waals surface area (Å²) >= 11 is 4.41. The van der Waals surface area contributed by atoms with Gasteiger partial charge >= 0.3 is 6.97 Å². The second kappa shape index (κ2) is 18.5.